The maximum absolute atomic E-state index is 6.06. The molecule has 0 bridgehead atoms. The van der Waals surface area contributed by atoms with Gasteiger partial charge in [-0.05, 0) is 38.8 Å². The Morgan fingerprint density at radius 1 is 1.44 bits per heavy atom. The van der Waals surface area contributed by atoms with Crippen molar-refractivity contribution in [1.82, 2.24) is 9.88 Å². The van der Waals surface area contributed by atoms with Gasteiger partial charge in [0.05, 0.1) is 10.7 Å². The van der Waals surface area contributed by atoms with E-state index in [1.54, 1.807) is 11.3 Å². The van der Waals surface area contributed by atoms with Crippen molar-refractivity contribution in [2.45, 2.75) is 52.6 Å². The van der Waals surface area contributed by atoms with Crippen LogP contribution < -0.4 is 5.73 Å². The molecule has 104 valence electrons. The van der Waals surface area contributed by atoms with Gasteiger partial charge < -0.3 is 10.6 Å². The summed E-state index contributed by atoms with van der Waals surface area (Å²) in [5.41, 5.74) is 7.26. The Hall–Kier alpha value is -0.450. The molecular formula is C14H27N3S. The molecule has 1 unspecified atom stereocenters. The lowest BCUT2D eigenvalue weighted by atomic mass is 10.0. The molecule has 0 amide bonds. The number of aryl methyl sites for hydroxylation is 1. The van der Waals surface area contributed by atoms with Crippen molar-refractivity contribution in [3.63, 3.8) is 0 Å². The van der Waals surface area contributed by atoms with Gasteiger partial charge >= 0.3 is 0 Å². The SMILES string of the molecule is CCCc1nc(CN(C)CCC(N)C(C)C)cs1. The molecule has 1 atom stereocenters. The number of thiazole rings is 1. The van der Waals surface area contributed by atoms with E-state index in [2.05, 4.69) is 43.1 Å². The molecular weight excluding hydrogens is 242 g/mol. The third-order valence-electron chi connectivity index (χ3n) is 3.20. The van der Waals surface area contributed by atoms with E-state index >= 15 is 0 Å². The summed E-state index contributed by atoms with van der Waals surface area (Å²) < 4.78 is 0. The Balaban J connectivity index is 2.32. The zero-order valence-electron chi connectivity index (χ0n) is 12.1. The lowest BCUT2D eigenvalue weighted by molar-refractivity contribution is 0.294. The lowest BCUT2D eigenvalue weighted by Crippen LogP contribution is -2.31. The molecule has 1 heterocycles. The molecule has 0 saturated heterocycles. The molecule has 1 aromatic rings. The summed E-state index contributed by atoms with van der Waals surface area (Å²) in [7, 11) is 2.14. The third kappa shape index (κ3) is 5.46. The fourth-order valence-corrected chi connectivity index (χ4v) is 2.70. The summed E-state index contributed by atoms with van der Waals surface area (Å²) >= 11 is 1.78. The highest BCUT2D eigenvalue weighted by molar-refractivity contribution is 7.09. The summed E-state index contributed by atoms with van der Waals surface area (Å²) in [6.45, 7) is 8.54. The predicted molar refractivity (Wildman–Crippen MR) is 79.9 cm³/mol. The van der Waals surface area contributed by atoms with E-state index in [1.165, 1.54) is 17.1 Å². The molecule has 1 aromatic heterocycles. The molecule has 2 N–H and O–H groups in total. The number of hydrogen-bond acceptors (Lipinski definition) is 4. The molecule has 0 spiro atoms. The largest absolute Gasteiger partial charge is 0.327 e. The number of nitrogens with two attached hydrogens (primary N) is 1. The molecule has 18 heavy (non-hydrogen) atoms. The molecule has 0 aliphatic carbocycles. The van der Waals surface area contributed by atoms with E-state index < -0.39 is 0 Å². The zero-order valence-corrected chi connectivity index (χ0v) is 13.0. The summed E-state index contributed by atoms with van der Waals surface area (Å²) in [6, 6.07) is 0.304. The molecule has 4 heteroatoms. The molecule has 0 saturated carbocycles. The Morgan fingerprint density at radius 3 is 2.78 bits per heavy atom. The minimum absolute atomic E-state index is 0.304. The van der Waals surface area contributed by atoms with Crippen molar-refractivity contribution in [3.8, 4) is 0 Å². The van der Waals surface area contributed by atoms with Gasteiger partial charge in [0, 0.05) is 18.0 Å². The predicted octanol–water partition coefficient (Wildman–Crippen LogP) is 2.90. The molecule has 0 aliphatic rings. The van der Waals surface area contributed by atoms with Gasteiger partial charge in [-0.1, -0.05) is 20.8 Å². The number of aromatic nitrogens is 1. The van der Waals surface area contributed by atoms with Crippen LogP contribution in [0.2, 0.25) is 0 Å². The fourth-order valence-electron chi connectivity index (χ4n) is 1.81. The first-order valence-electron chi connectivity index (χ1n) is 6.90. The van der Waals surface area contributed by atoms with Gasteiger partial charge in [0.15, 0.2) is 0 Å². The first kappa shape index (κ1) is 15.6. The van der Waals surface area contributed by atoms with Gasteiger partial charge in [0.1, 0.15) is 0 Å². The van der Waals surface area contributed by atoms with Gasteiger partial charge in [0.25, 0.3) is 0 Å². The Kier molecular flexibility index (Phi) is 6.82. The van der Waals surface area contributed by atoms with Crippen LogP contribution >= 0.6 is 11.3 Å². The van der Waals surface area contributed by atoms with Crippen LogP contribution in [-0.4, -0.2) is 29.5 Å². The number of rotatable bonds is 8. The van der Waals surface area contributed by atoms with Crippen molar-refractivity contribution in [2.24, 2.45) is 11.7 Å². The van der Waals surface area contributed by atoms with Crippen LogP contribution in [0.5, 0.6) is 0 Å². The molecule has 0 aliphatic heterocycles. The van der Waals surface area contributed by atoms with Crippen LogP contribution in [0.3, 0.4) is 0 Å². The number of nitrogens with zero attached hydrogens (tertiary/aromatic N) is 2. The standard InChI is InChI=1S/C14H27N3S/c1-5-6-14-16-12(10-18-14)9-17(4)8-7-13(15)11(2)3/h10-11,13H,5-9,15H2,1-4H3. The quantitative estimate of drug-likeness (QED) is 0.789. The topological polar surface area (TPSA) is 42.2 Å². The Bertz CT molecular complexity index is 336. The van der Waals surface area contributed by atoms with Crippen LogP contribution in [0.4, 0.5) is 0 Å². The van der Waals surface area contributed by atoms with Crippen LogP contribution in [-0.2, 0) is 13.0 Å². The normalized spacial score (nSPS) is 13.5. The van der Waals surface area contributed by atoms with Gasteiger partial charge in [-0.15, -0.1) is 11.3 Å². The van der Waals surface area contributed by atoms with Crippen molar-refractivity contribution >= 4 is 11.3 Å². The Labute approximate surface area is 115 Å². The lowest BCUT2D eigenvalue weighted by Gasteiger charge is -2.20. The van der Waals surface area contributed by atoms with Crippen molar-refractivity contribution in [1.29, 1.82) is 0 Å². The van der Waals surface area contributed by atoms with E-state index in [0.29, 0.717) is 12.0 Å². The number of hydrogen-bond donors (Lipinski definition) is 1. The van der Waals surface area contributed by atoms with Crippen LogP contribution in [0.1, 0.15) is 44.3 Å². The summed E-state index contributed by atoms with van der Waals surface area (Å²) in [5, 5.41) is 3.45. The van der Waals surface area contributed by atoms with Crippen molar-refractivity contribution in [3.05, 3.63) is 16.1 Å². The highest BCUT2D eigenvalue weighted by Crippen LogP contribution is 2.13. The van der Waals surface area contributed by atoms with Crippen LogP contribution in [0.15, 0.2) is 5.38 Å². The van der Waals surface area contributed by atoms with Crippen LogP contribution in [0, 0.1) is 5.92 Å². The maximum atomic E-state index is 6.06. The summed E-state index contributed by atoms with van der Waals surface area (Å²) in [6.07, 6.45) is 3.33. The highest BCUT2D eigenvalue weighted by atomic mass is 32.1. The maximum Gasteiger partial charge on any atom is 0.0928 e. The first-order valence-corrected chi connectivity index (χ1v) is 7.78. The second-order valence-corrected chi connectivity index (χ2v) is 6.36. The zero-order chi connectivity index (χ0) is 13.5. The molecule has 0 fully saturated rings. The van der Waals surface area contributed by atoms with Gasteiger partial charge in [-0.2, -0.15) is 0 Å². The highest BCUT2D eigenvalue weighted by Gasteiger charge is 2.10. The summed E-state index contributed by atoms with van der Waals surface area (Å²) in [5.74, 6) is 0.564. The smallest absolute Gasteiger partial charge is 0.0928 e. The van der Waals surface area contributed by atoms with Gasteiger partial charge in [-0.3, -0.25) is 0 Å². The van der Waals surface area contributed by atoms with E-state index in [0.717, 1.165) is 25.9 Å². The Morgan fingerprint density at radius 2 is 2.17 bits per heavy atom. The summed E-state index contributed by atoms with van der Waals surface area (Å²) in [4.78, 5) is 6.96. The van der Waals surface area contributed by atoms with Crippen molar-refractivity contribution < 1.29 is 0 Å². The average Bonchev–Trinajstić information content (AvgIpc) is 2.73. The first-order chi connectivity index (χ1) is 8.52. The fraction of sp³-hybridized carbons (Fsp3) is 0.786. The second-order valence-electron chi connectivity index (χ2n) is 5.42. The van der Waals surface area contributed by atoms with E-state index in [1.807, 2.05) is 0 Å². The average molecular weight is 269 g/mol. The third-order valence-corrected chi connectivity index (χ3v) is 4.15. The monoisotopic (exact) mass is 269 g/mol. The molecule has 1 rings (SSSR count). The van der Waals surface area contributed by atoms with Gasteiger partial charge in [-0.25, -0.2) is 4.98 Å². The molecule has 3 nitrogen and oxygen atoms in total. The van der Waals surface area contributed by atoms with E-state index in [4.69, 9.17) is 5.73 Å². The second kappa shape index (κ2) is 7.87. The molecule has 0 radical (unpaired) electrons. The van der Waals surface area contributed by atoms with E-state index in [9.17, 15) is 0 Å². The van der Waals surface area contributed by atoms with Gasteiger partial charge in [0.2, 0.25) is 0 Å². The minimum atomic E-state index is 0.304. The van der Waals surface area contributed by atoms with Crippen molar-refractivity contribution in [2.75, 3.05) is 13.6 Å². The van der Waals surface area contributed by atoms with Crippen LogP contribution in [0.25, 0.3) is 0 Å². The van der Waals surface area contributed by atoms with E-state index in [-0.39, 0.29) is 0 Å². The minimum Gasteiger partial charge on any atom is -0.327 e. The molecule has 0 aromatic carbocycles.